The third-order valence-electron chi connectivity index (χ3n) is 5.46. The number of hydrogen-bond acceptors (Lipinski definition) is 5. The zero-order valence-electron chi connectivity index (χ0n) is 17.5. The molecule has 2 heterocycles. The van der Waals surface area contributed by atoms with Crippen molar-refractivity contribution in [3.63, 3.8) is 0 Å². The number of hydrogen-bond donors (Lipinski definition) is 0. The molecule has 0 saturated carbocycles. The fourth-order valence-corrected chi connectivity index (χ4v) is 4.36. The van der Waals surface area contributed by atoms with Gasteiger partial charge >= 0.3 is 6.18 Å². The summed E-state index contributed by atoms with van der Waals surface area (Å²) in [6, 6.07) is 5.70. The summed E-state index contributed by atoms with van der Waals surface area (Å²) in [7, 11) is 2.12. The summed E-state index contributed by atoms with van der Waals surface area (Å²) in [5, 5.41) is 0.782. The molecule has 0 unspecified atom stereocenters. The lowest BCUT2D eigenvalue weighted by atomic mass is 9.97. The summed E-state index contributed by atoms with van der Waals surface area (Å²) in [4.78, 5) is 13.4. The van der Waals surface area contributed by atoms with Crippen LogP contribution in [0.3, 0.4) is 0 Å². The molecule has 164 valence electrons. The molecule has 2 aromatic rings. The number of nitrogens with zero attached hydrogens (tertiary/aromatic N) is 4. The lowest BCUT2D eigenvalue weighted by molar-refractivity contribution is -0.137. The third kappa shape index (κ3) is 6.96. The average molecular weight is 439 g/mol. The van der Waals surface area contributed by atoms with Crippen molar-refractivity contribution in [1.29, 1.82) is 0 Å². The van der Waals surface area contributed by atoms with E-state index < -0.39 is 11.7 Å². The molecule has 0 bridgehead atoms. The standard InChI is InChI=1S/C22H29F3N4S/c1-28(15-19-12-26-21(30-2)27-13-19)14-18-6-4-9-29(16-18)10-8-17-5-3-7-20(11-17)22(23,24)25/h3,5,7,11-13,18H,4,6,8-10,14-16H2,1-2H3/t18-/m1/s1. The molecule has 0 spiro atoms. The van der Waals surface area contributed by atoms with Crippen molar-refractivity contribution in [3.8, 4) is 0 Å². The summed E-state index contributed by atoms with van der Waals surface area (Å²) in [5.74, 6) is 0.566. The molecule has 0 amide bonds. The summed E-state index contributed by atoms with van der Waals surface area (Å²) in [5.41, 5.74) is 1.29. The first kappa shape index (κ1) is 23.0. The molecule has 1 aromatic carbocycles. The molecule has 1 aliphatic rings. The monoisotopic (exact) mass is 438 g/mol. The second-order valence-corrected chi connectivity index (χ2v) is 8.81. The predicted molar refractivity (Wildman–Crippen MR) is 114 cm³/mol. The zero-order chi connectivity index (χ0) is 21.6. The molecule has 3 rings (SSSR count). The molecule has 1 saturated heterocycles. The highest BCUT2D eigenvalue weighted by Crippen LogP contribution is 2.29. The van der Waals surface area contributed by atoms with Crippen LogP contribution in [0.2, 0.25) is 0 Å². The van der Waals surface area contributed by atoms with Gasteiger partial charge in [-0.1, -0.05) is 30.0 Å². The lowest BCUT2D eigenvalue weighted by Crippen LogP contribution is -2.40. The Balaban J connectivity index is 1.46. The van der Waals surface area contributed by atoms with Gasteiger partial charge in [-0.05, 0) is 56.7 Å². The summed E-state index contributed by atoms with van der Waals surface area (Å²) in [6.07, 6.45) is 4.42. The number of rotatable bonds is 8. The Bertz CT molecular complexity index is 798. The molecular formula is C22H29F3N4S. The van der Waals surface area contributed by atoms with Crippen LogP contribution in [0.15, 0.2) is 41.8 Å². The first-order chi connectivity index (χ1) is 14.3. The van der Waals surface area contributed by atoms with E-state index in [1.54, 1.807) is 6.07 Å². The fraction of sp³-hybridized carbons (Fsp3) is 0.545. The van der Waals surface area contributed by atoms with Gasteiger partial charge in [-0.2, -0.15) is 13.2 Å². The first-order valence-corrected chi connectivity index (χ1v) is 11.5. The van der Waals surface area contributed by atoms with Crippen LogP contribution >= 0.6 is 11.8 Å². The number of piperidine rings is 1. The van der Waals surface area contributed by atoms with Crippen LogP contribution < -0.4 is 0 Å². The second-order valence-electron chi connectivity index (χ2n) is 8.03. The van der Waals surface area contributed by atoms with Crippen LogP contribution in [0.4, 0.5) is 13.2 Å². The van der Waals surface area contributed by atoms with Gasteiger partial charge in [0.1, 0.15) is 0 Å². The van der Waals surface area contributed by atoms with Gasteiger partial charge in [0.05, 0.1) is 5.56 Å². The molecule has 30 heavy (non-hydrogen) atoms. The van der Waals surface area contributed by atoms with Gasteiger partial charge in [0, 0.05) is 44.1 Å². The number of benzene rings is 1. The molecule has 1 aliphatic heterocycles. The zero-order valence-corrected chi connectivity index (χ0v) is 18.3. The summed E-state index contributed by atoms with van der Waals surface area (Å²) < 4.78 is 38.7. The third-order valence-corrected chi connectivity index (χ3v) is 6.04. The highest BCUT2D eigenvalue weighted by Gasteiger charge is 2.30. The molecule has 0 N–H and O–H groups in total. The van der Waals surface area contributed by atoms with Gasteiger partial charge in [0.2, 0.25) is 0 Å². The summed E-state index contributed by atoms with van der Waals surface area (Å²) in [6.45, 7) is 4.61. The van der Waals surface area contributed by atoms with Crippen LogP contribution in [-0.4, -0.2) is 59.3 Å². The smallest absolute Gasteiger partial charge is 0.303 e. The van der Waals surface area contributed by atoms with Gasteiger partial charge in [-0.15, -0.1) is 0 Å². The largest absolute Gasteiger partial charge is 0.416 e. The predicted octanol–water partition coefficient (Wildman–Crippen LogP) is 4.60. The van der Waals surface area contributed by atoms with E-state index in [1.165, 1.54) is 30.3 Å². The number of halogens is 3. The SMILES string of the molecule is CSc1ncc(CN(C)C[C@H]2CCCN(CCc3cccc(C(F)(F)F)c3)C2)cn1. The van der Waals surface area contributed by atoms with Crippen LogP contribution in [-0.2, 0) is 19.1 Å². The number of alkyl halides is 3. The first-order valence-electron chi connectivity index (χ1n) is 10.3. The molecule has 0 radical (unpaired) electrons. The van der Waals surface area contributed by atoms with Crippen LogP contribution in [0, 0.1) is 5.92 Å². The van der Waals surface area contributed by atoms with Crippen molar-refractivity contribution in [1.82, 2.24) is 19.8 Å². The Morgan fingerprint density at radius 3 is 2.67 bits per heavy atom. The Labute approximate surface area is 180 Å². The minimum absolute atomic E-state index is 0.562. The van der Waals surface area contributed by atoms with E-state index in [0.29, 0.717) is 12.3 Å². The second kappa shape index (κ2) is 10.6. The maximum Gasteiger partial charge on any atom is 0.416 e. The van der Waals surface area contributed by atoms with E-state index >= 15 is 0 Å². The molecule has 4 nitrogen and oxygen atoms in total. The van der Waals surface area contributed by atoms with Gasteiger partial charge in [0.25, 0.3) is 0 Å². The van der Waals surface area contributed by atoms with E-state index in [0.717, 1.165) is 61.5 Å². The minimum atomic E-state index is -4.28. The van der Waals surface area contributed by atoms with Crippen molar-refractivity contribution in [2.75, 3.05) is 39.5 Å². The Morgan fingerprint density at radius 2 is 1.97 bits per heavy atom. The quantitative estimate of drug-likeness (QED) is 0.444. The molecule has 0 aliphatic carbocycles. The Hall–Kier alpha value is -1.64. The van der Waals surface area contributed by atoms with Gasteiger partial charge in [-0.3, -0.25) is 0 Å². The lowest BCUT2D eigenvalue weighted by Gasteiger charge is -2.34. The summed E-state index contributed by atoms with van der Waals surface area (Å²) >= 11 is 1.53. The Morgan fingerprint density at radius 1 is 1.20 bits per heavy atom. The molecule has 8 heteroatoms. The minimum Gasteiger partial charge on any atom is -0.303 e. The average Bonchev–Trinajstić information content (AvgIpc) is 2.72. The maximum atomic E-state index is 12.9. The van der Waals surface area contributed by atoms with Crippen LogP contribution in [0.25, 0.3) is 0 Å². The molecule has 1 fully saturated rings. The van der Waals surface area contributed by atoms with Crippen molar-refractivity contribution in [2.24, 2.45) is 5.92 Å². The maximum absolute atomic E-state index is 12.9. The van der Waals surface area contributed by atoms with E-state index in [9.17, 15) is 13.2 Å². The molecule has 1 atom stereocenters. The number of thioether (sulfide) groups is 1. The van der Waals surface area contributed by atoms with Crippen molar-refractivity contribution in [3.05, 3.63) is 53.3 Å². The van der Waals surface area contributed by atoms with Crippen molar-refractivity contribution < 1.29 is 13.2 Å². The van der Waals surface area contributed by atoms with E-state index in [4.69, 9.17) is 0 Å². The van der Waals surface area contributed by atoms with E-state index in [1.807, 2.05) is 18.6 Å². The van der Waals surface area contributed by atoms with Crippen LogP contribution in [0.1, 0.15) is 29.5 Å². The number of likely N-dealkylation sites (tertiary alicyclic amines) is 1. The van der Waals surface area contributed by atoms with E-state index in [2.05, 4.69) is 26.8 Å². The molecular weight excluding hydrogens is 409 g/mol. The van der Waals surface area contributed by atoms with E-state index in [-0.39, 0.29) is 0 Å². The van der Waals surface area contributed by atoms with Crippen LogP contribution in [0.5, 0.6) is 0 Å². The van der Waals surface area contributed by atoms with Gasteiger partial charge < -0.3 is 9.80 Å². The highest BCUT2D eigenvalue weighted by atomic mass is 32.2. The topological polar surface area (TPSA) is 32.3 Å². The highest BCUT2D eigenvalue weighted by molar-refractivity contribution is 7.98. The Kier molecular flexibility index (Phi) is 8.13. The fourth-order valence-electron chi connectivity index (χ4n) is 4.04. The number of aromatic nitrogens is 2. The van der Waals surface area contributed by atoms with Gasteiger partial charge in [-0.25, -0.2) is 9.97 Å². The van der Waals surface area contributed by atoms with Crippen molar-refractivity contribution >= 4 is 11.8 Å². The van der Waals surface area contributed by atoms with Gasteiger partial charge in [0.15, 0.2) is 5.16 Å². The molecule has 1 aromatic heterocycles. The normalized spacial score (nSPS) is 18.1. The van der Waals surface area contributed by atoms with Crippen molar-refractivity contribution in [2.45, 2.75) is 37.1 Å².